The van der Waals surface area contributed by atoms with Crippen LogP contribution in [0, 0.1) is 5.92 Å². The van der Waals surface area contributed by atoms with E-state index in [0.29, 0.717) is 0 Å². The number of fused-ring (bicyclic) bond motifs is 1. The van der Waals surface area contributed by atoms with E-state index in [-0.39, 0.29) is 0 Å². The highest BCUT2D eigenvalue weighted by molar-refractivity contribution is 9.10. The van der Waals surface area contributed by atoms with Gasteiger partial charge in [-0.25, -0.2) is 4.98 Å². The Labute approximate surface area is 114 Å². The fourth-order valence-corrected chi connectivity index (χ4v) is 3.36. The fourth-order valence-electron chi connectivity index (χ4n) is 2.14. The second-order valence-electron chi connectivity index (χ2n) is 4.64. The standard InChI is InChI=1S/C13H15BrN2S/c14-10-4-5-12-11(8-10)16-13(17-12)15-7-6-9-2-1-3-9/h4-5,8-9H,1-3,6-7H2,(H,15,16). The lowest BCUT2D eigenvalue weighted by Gasteiger charge is -2.24. The number of hydrogen-bond donors (Lipinski definition) is 1. The highest BCUT2D eigenvalue weighted by Gasteiger charge is 2.16. The van der Waals surface area contributed by atoms with E-state index in [9.17, 15) is 0 Å². The molecule has 17 heavy (non-hydrogen) atoms. The summed E-state index contributed by atoms with van der Waals surface area (Å²) in [5, 5.41) is 4.50. The maximum absolute atomic E-state index is 4.59. The predicted molar refractivity (Wildman–Crippen MR) is 77.8 cm³/mol. The van der Waals surface area contributed by atoms with Crippen LogP contribution in [0.2, 0.25) is 0 Å². The molecule has 1 aromatic carbocycles. The van der Waals surface area contributed by atoms with Gasteiger partial charge in [0.2, 0.25) is 0 Å². The molecule has 2 aromatic rings. The average molecular weight is 311 g/mol. The fraction of sp³-hybridized carbons (Fsp3) is 0.462. The highest BCUT2D eigenvalue weighted by Crippen LogP contribution is 2.31. The number of nitrogens with zero attached hydrogens (tertiary/aromatic N) is 1. The van der Waals surface area contributed by atoms with Gasteiger partial charge in [-0.1, -0.05) is 46.5 Å². The Kier molecular flexibility index (Phi) is 3.34. The van der Waals surface area contributed by atoms with Crippen molar-refractivity contribution in [2.24, 2.45) is 5.92 Å². The van der Waals surface area contributed by atoms with Gasteiger partial charge in [-0.05, 0) is 30.5 Å². The minimum Gasteiger partial charge on any atom is -0.361 e. The Morgan fingerprint density at radius 3 is 3.06 bits per heavy atom. The maximum atomic E-state index is 4.59. The minimum atomic E-state index is 0.964. The van der Waals surface area contributed by atoms with E-state index in [0.717, 1.165) is 27.6 Å². The van der Waals surface area contributed by atoms with Gasteiger partial charge in [0, 0.05) is 11.0 Å². The average Bonchev–Trinajstić information content (AvgIpc) is 2.63. The molecule has 0 saturated heterocycles. The van der Waals surface area contributed by atoms with Crippen LogP contribution in [0.5, 0.6) is 0 Å². The SMILES string of the molecule is Brc1ccc2sc(NCCC3CCC3)nc2c1. The molecule has 0 atom stereocenters. The molecular formula is C13H15BrN2S. The third-order valence-corrected chi connectivity index (χ3v) is 4.89. The van der Waals surface area contributed by atoms with Gasteiger partial charge < -0.3 is 5.32 Å². The normalized spacial score (nSPS) is 16.1. The number of hydrogen-bond acceptors (Lipinski definition) is 3. The molecule has 1 aliphatic rings. The van der Waals surface area contributed by atoms with Crippen molar-refractivity contribution in [3.63, 3.8) is 0 Å². The molecule has 4 heteroatoms. The van der Waals surface area contributed by atoms with E-state index in [1.165, 1.54) is 30.4 Å². The molecule has 0 aliphatic heterocycles. The van der Waals surface area contributed by atoms with Crippen LogP contribution in [0.25, 0.3) is 10.2 Å². The second-order valence-corrected chi connectivity index (χ2v) is 6.59. The summed E-state index contributed by atoms with van der Waals surface area (Å²) in [5.41, 5.74) is 1.08. The molecule has 0 radical (unpaired) electrons. The second kappa shape index (κ2) is 4.94. The summed E-state index contributed by atoms with van der Waals surface area (Å²) in [6.07, 6.45) is 5.57. The van der Waals surface area contributed by atoms with Gasteiger partial charge in [0.05, 0.1) is 10.2 Å². The summed E-state index contributed by atoms with van der Waals surface area (Å²) in [6, 6.07) is 6.26. The zero-order valence-corrected chi connectivity index (χ0v) is 12.0. The van der Waals surface area contributed by atoms with Crippen LogP contribution in [0.1, 0.15) is 25.7 Å². The lowest BCUT2D eigenvalue weighted by Crippen LogP contribution is -2.15. The van der Waals surface area contributed by atoms with Crippen molar-refractivity contribution in [1.29, 1.82) is 0 Å². The molecule has 3 rings (SSSR count). The molecule has 0 bridgehead atoms. The Bertz CT molecular complexity index is 519. The number of aromatic nitrogens is 1. The smallest absolute Gasteiger partial charge is 0.183 e. The molecule has 0 spiro atoms. The van der Waals surface area contributed by atoms with E-state index < -0.39 is 0 Å². The lowest BCUT2D eigenvalue weighted by molar-refractivity contribution is 0.303. The van der Waals surface area contributed by atoms with Crippen molar-refractivity contribution in [2.75, 3.05) is 11.9 Å². The molecule has 1 heterocycles. The van der Waals surface area contributed by atoms with Crippen molar-refractivity contribution in [1.82, 2.24) is 4.98 Å². The van der Waals surface area contributed by atoms with Crippen molar-refractivity contribution < 1.29 is 0 Å². The molecule has 1 fully saturated rings. The molecule has 1 saturated carbocycles. The number of thiazole rings is 1. The zero-order valence-electron chi connectivity index (χ0n) is 9.58. The number of nitrogens with one attached hydrogen (secondary N) is 1. The predicted octanol–water partition coefficient (Wildman–Crippen LogP) is 4.66. The van der Waals surface area contributed by atoms with Crippen LogP contribution in [0.15, 0.2) is 22.7 Å². The first-order chi connectivity index (χ1) is 8.31. The number of halogens is 1. The van der Waals surface area contributed by atoms with Crippen LogP contribution in [-0.4, -0.2) is 11.5 Å². The van der Waals surface area contributed by atoms with Gasteiger partial charge in [0.1, 0.15) is 0 Å². The Morgan fingerprint density at radius 2 is 2.29 bits per heavy atom. The van der Waals surface area contributed by atoms with Crippen LogP contribution in [0.3, 0.4) is 0 Å². The van der Waals surface area contributed by atoms with Gasteiger partial charge in [-0.15, -0.1) is 0 Å². The van der Waals surface area contributed by atoms with Gasteiger partial charge in [0.25, 0.3) is 0 Å². The topological polar surface area (TPSA) is 24.9 Å². The quantitative estimate of drug-likeness (QED) is 0.888. The van der Waals surface area contributed by atoms with Crippen molar-refractivity contribution in [2.45, 2.75) is 25.7 Å². The van der Waals surface area contributed by atoms with Crippen LogP contribution < -0.4 is 5.32 Å². The van der Waals surface area contributed by atoms with E-state index in [4.69, 9.17) is 0 Å². The Morgan fingerprint density at radius 1 is 1.41 bits per heavy atom. The molecule has 1 aliphatic carbocycles. The first kappa shape index (κ1) is 11.5. The monoisotopic (exact) mass is 310 g/mol. The third-order valence-electron chi connectivity index (χ3n) is 3.40. The van der Waals surface area contributed by atoms with E-state index >= 15 is 0 Å². The largest absolute Gasteiger partial charge is 0.361 e. The van der Waals surface area contributed by atoms with Gasteiger partial charge >= 0.3 is 0 Å². The van der Waals surface area contributed by atoms with Gasteiger partial charge in [-0.3, -0.25) is 0 Å². The van der Waals surface area contributed by atoms with Gasteiger partial charge in [-0.2, -0.15) is 0 Å². The summed E-state index contributed by atoms with van der Waals surface area (Å²) in [6.45, 7) is 1.06. The summed E-state index contributed by atoms with van der Waals surface area (Å²) in [5.74, 6) is 0.964. The Hall–Kier alpha value is -0.610. The first-order valence-corrected chi connectivity index (χ1v) is 7.72. The summed E-state index contributed by atoms with van der Waals surface area (Å²) in [7, 11) is 0. The molecule has 90 valence electrons. The molecular weight excluding hydrogens is 296 g/mol. The van der Waals surface area contributed by atoms with E-state index in [1.54, 1.807) is 11.3 Å². The first-order valence-electron chi connectivity index (χ1n) is 6.11. The third kappa shape index (κ3) is 2.63. The van der Waals surface area contributed by atoms with Crippen LogP contribution >= 0.6 is 27.3 Å². The van der Waals surface area contributed by atoms with Crippen molar-refractivity contribution in [3.05, 3.63) is 22.7 Å². The number of anilines is 1. The zero-order chi connectivity index (χ0) is 11.7. The summed E-state index contributed by atoms with van der Waals surface area (Å²) in [4.78, 5) is 4.59. The van der Waals surface area contributed by atoms with Crippen LogP contribution in [-0.2, 0) is 0 Å². The van der Waals surface area contributed by atoms with Crippen molar-refractivity contribution >= 4 is 42.6 Å². The summed E-state index contributed by atoms with van der Waals surface area (Å²) >= 11 is 5.21. The molecule has 0 amide bonds. The number of benzene rings is 1. The maximum Gasteiger partial charge on any atom is 0.183 e. The van der Waals surface area contributed by atoms with E-state index in [2.05, 4.69) is 44.4 Å². The molecule has 2 nitrogen and oxygen atoms in total. The Balaban J connectivity index is 1.64. The molecule has 0 unspecified atom stereocenters. The van der Waals surface area contributed by atoms with E-state index in [1.807, 2.05) is 0 Å². The molecule has 1 aromatic heterocycles. The minimum absolute atomic E-state index is 0.964. The molecule has 1 N–H and O–H groups in total. The van der Waals surface area contributed by atoms with Crippen LogP contribution in [0.4, 0.5) is 5.13 Å². The van der Waals surface area contributed by atoms with Gasteiger partial charge in [0.15, 0.2) is 5.13 Å². The summed E-state index contributed by atoms with van der Waals surface area (Å²) < 4.78 is 2.34. The van der Waals surface area contributed by atoms with Crippen molar-refractivity contribution in [3.8, 4) is 0 Å². The lowest BCUT2D eigenvalue weighted by atomic mass is 9.83. The number of rotatable bonds is 4. The highest BCUT2D eigenvalue weighted by atomic mass is 79.9.